The van der Waals surface area contributed by atoms with Gasteiger partial charge in [-0.05, 0) is 65.7 Å². The first-order valence-corrected chi connectivity index (χ1v) is 10.5. The fraction of sp³-hybridized carbons (Fsp3) is 0.120. The summed E-state index contributed by atoms with van der Waals surface area (Å²) in [6, 6.07) is 25.9. The van der Waals surface area contributed by atoms with Gasteiger partial charge in [0.1, 0.15) is 0 Å². The van der Waals surface area contributed by atoms with E-state index >= 15 is 0 Å². The summed E-state index contributed by atoms with van der Waals surface area (Å²) in [5, 5.41) is -0.227. The van der Waals surface area contributed by atoms with Crippen molar-refractivity contribution in [2.45, 2.75) is 13.5 Å². The highest BCUT2D eigenvalue weighted by atomic mass is 32.2. The molecular formula is C25H22N2O2S. The Kier molecular flexibility index (Phi) is 5.72. The summed E-state index contributed by atoms with van der Waals surface area (Å²) in [5.41, 5.74) is 5.09. The van der Waals surface area contributed by atoms with Crippen LogP contribution in [-0.2, 0) is 11.3 Å². The van der Waals surface area contributed by atoms with E-state index in [-0.39, 0.29) is 11.1 Å². The molecule has 0 saturated carbocycles. The Morgan fingerprint density at radius 1 is 0.867 bits per heavy atom. The van der Waals surface area contributed by atoms with Gasteiger partial charge in [0.05, 0.1) is 11.4 Å². The van der Waals surface area contributed by atoms with E-state index in [9.17, 15) is 9.59 Å². The molecule has 0 spiro atoms. The molecule has 3 aromatic carbocycles. The van der Waals surface area contributed by atoms with Gasteiger partial charge in [-0.15, -0.1) is 0 Å². The van der Waals surface area contributed by atoms with Crippen molar-refractivity contribution in [3.63, 3.8) is 0 Å². The van der Waals surface area contributed by atoms with E-state index in [0.717, 1.165) is 39.8 Å². The molecule has 0 aliphatic carbocycles. The zero-order valence-corrected chi connectivity index (χ0v) is 17.7. The van der Waals surface area contributed by atoms with E-state index in [2.05, 4.69) is 17.0 Å². The topological polar surface area (TPSA) is 40.6 Å². The van der Waals surface area contributed by atoms with Gasteiger partial charge in [0.15, 0.2) is 0 Å². The molecule has 4 nitrogen and oxygen atoms in total. The van der Waals surface area contributed by atoms with E-state index in [1.165, 1.54) is 4.90 Å². The highest BCUT2D eigenvalue weighted by Crippen LogP contribution is 2.34. The zero-order chi connectivity index (χ0) is 21.1. The summed E-state index contributed by atoms with van der Waals surface area (Å²) in [4.78, 5) is 29.1. The lowest BCUT2D eigenvalue weighted by atomic mass is 10.1. The van der Waals surface area contributed by atoms with Crippen molar-refractivity contribution in [3.8, 4) is 0 Å². The van der Waals surface area contributed by atoms with Gasteiger partial charge in [-0.3, -0.25) is 14.5 Å². The smallest absolute Gasteiger partial charge is 0.293 e. The minimum absolute atomic E-state index is 0.227. The summed E-state index contributed by atoms with van der Waals surface area (Å²) in [6.07, 6.45) is 1.79. The number of hydrogen-bond donors (Lipinski definition) is 0. The maximum absolute atomic E-state index is 12.8. The van der Waals surface area contributed by atoms with Gasteiger partial charge in [0.25, 0.3) is 11.1 Å². The second kappa shape index (κ2) is 8.59. The fourth-order valence-electron chi connectivity index (χ4n) is 3.34. The Bertz CT molecular complexity index is 1110. The highest BCUT2D eigenvalue weighted by molar-refractivity contribution is 8.18. The predicted octanol–water partition coefficient (Wildman–Crippen LogP) is 6.00. The summed E-state index contributed by atoms with van der Waals surface area (Å²) < 4.78 is 0. The first-order valence-electron chi connectivity index (χ1n) is 9.71. The molecule has 1 saturated heterocycles. The van der Waals surface area contributed by atoms with Gasteiger partial charge in [0, 0.05) is 18.4 Å². The second-order valence-corrected chi connectivity index (χ2v) is 8.17. The molecule has 5 heteroatoms. The summed E-state index contributed by atoms with van der Waals surface area (Å²) in [5.74, 6) is -0.237. The maximum atomic E-state index is 12.8. The highest BCUT2D eigenvalue weighted by Gasteiger charge is 2.35. The number of imide groups is 1. The molecule has 0 atom stereocenters. The molecule has 3 aromatic rings. The van der Waals surface area contributed by atoms with Crippen LogP contribution in [-0.4, -0.2) is 23.1 Å². The Hall–Kier alpha value is -3.31. The van der Waals surface area contributed by atoms with Crippen molar-refractivity contribution in [2.24, 2.45) is 0 Å². The molecule has 0 N–H and O–H groups in total. The van der Waals surface area contributed by atoms with E-state index in [4.69, 9.17) is 0 Å². The van der Waals surface area contributed by atoms with E-state index in [1.54, 1.807) is 6.08 Å². The van der Waals surface area contributed by atoms with Crippen LogP contribution in [0.3, 0.4) is 0 Å². The molecule has 0 unspecified atom stereocenters. The second-order valence-electron chi connectivity index (χ2n) is 7.18. The molecule has 0 aromatic heterocycles. The standard InChI is InChI=1S/C25H22N2O2S/c1-18-8-6-7-9-20(18)17-27-24(28)23(30-25(27)29)16-19-12-14-22(15-13-19)26(2)21-10-4-3-5-11-21/h3-16H,17H2,1-2H3/b23-16-. The Morgan fingerprint density at radius 3 is 2.20 bits per heavy atom. The molecule has 1 heterocycles. The monoisotopic (exact) mass is 414 g/mol. The molecule has 0 bridgehead atoms. The van der Waals surface area contributed by atoms with Gasteiger partial charge < -0.3 is 4.90 Å². The molecule has 4 rings (SSSR count). The van der Waals surface area contributed by atoms with Gasteiger partial charge in [-0.1, -0.05) is 54.6 Å². The van der Waals surface area contributed by atoms with Crippen LogP contribution in [0.5, 0.6) is 0 Å². The summed E-state index contributed by atoms with van der Waals surface area (Å²) >= 11 is 0.997. The van der Waals surface area contributed by atoms with Crippen molar-refractivity contribution in [1.29, 1.82) is 0 Å². The van der Waals surface area contributed by atoms with Gasteiger partial charge >= 0.3 is 0 Å². The molecule has 2 amide bonds. The minimum atomic E-state index is -0.237. The van der Waals surface area contributed by atoms with Crippen LogP contribution in [0.25, 0.3) is 6.08 Å². The normalized spacial score (nSPS) is 15.1. The number of amides is 2. The van der Waals surface area contributed by atoms with Crippen LogP contribution in [0.15, 0.2) is 83.8 Å². The Labute approximate surface area is 180 Å². The molecule has 30 heavy (non-hydrogen) atoms. The third-order valence-electron chi connectivity index (χ3n) is 5.18. The lowest BCUT2D eigenvalue weighted by Gasteiger charge is -2.19. The van der Waals surface area contributed by atoms with Crippen LogP contribution in [0.4, 0.5) is 16.2 Å². The predicted molar refractivity (Wildman–Crippen MR) is 124 cm³/mol. The van der Waals surface area contributed by atoms with E-state index in [0.29, 0.717) is 11.4 Å². The summed E-state index contributed by atoms with van der Waals surface area (Å²) in [6.45, 7) is 2.29. The van der Waals surface area contributed by atoms with Crippen LogP contribution in [0.2, 0.25) is 0 Å². The average molecular weight is 415 g/mol. The van der Waals surface area contributed by atoms with E-state index in [1.807, 2.05) is 80.7 Å². The van der Waals surface area contributed by atoms with Crippen molar-refractivity contribution >= 4 is 40.4 Å². The number of thioether (sulfide) groups is 1. The quantitative estimate of drug-likeness (QED) is 0.480. The van der Waals surface area contributed by atoms with Crippen LogP contribution < -0.4 is 4.90 Å². The Morgan fingerprint density at radius 2 is 1.50 bits per heavy atom. The van der Waals surface area contributed by atoms with E-state index < -0.39 is 0 Å². The fourth-order valence-corrected chi connectivity index (χ4v) is 4.18. The van der Waals surface area contributed by atoms with Crippen LogP contribution >= 0.6 is 11.8 Å². The van der Waals surface area contributed by atoms with Gasteiger partial charge in [-0.25, -0.2) is 0 Å². The first-order chi connectivity index (χ1) is 14.5. The average Bonchev–Trinajstić information content (AvgIpc) is 3.03. The number of benzene rings is 3. The minimum Gasteiger partial charge on any atom is -0.345 e. The number of rotatable bonds is 5. The summed E-state index contributed by atoms with van der Waals surface area (Å²) in [7, 11) is 2.02. The van der Waals surface area contributed by atoms with Crippen molar-refractivity contribution in [1.82, 2.24) is 4.90 Å². The number of aryl methyl sites for hydroxylation is 1. The number of carbonyl (C=O) groups is 2. The SMILES string of the molecule is Cc1ccccc1CN1C(=O)S/C(=C\c2ccc(N(C)c3ccccc3)cc2)C1=O. The van der Waals surface area contributed by atoms with Crippen LogP contribution in [0.1, 0.15) is 16.7 Å². The molecule has 1 fully saturated rings. The van der Waals surface area contributed by atoms with Crippen LogP contribution in [0, 0.1) is 6.92 Å². The third-order valence-corrected chi connectivity index (χ3v) is 6.09. The number of carbonyl (C=O) groups excluding carboxylic acids is 2. The van der Waals surface area contributed by atoms with Crippen molar-refractivity contribution in [3.05, 3.63) is 100 Å². The molecule has 1 aliphatic heterocycles. The molecular weight excluding hydrogens is 392 g/mol. The molecule has 0 radical (unpaired) electrons. The molecule has 1 aliphatic rings. The number of para-hydroxylation sites is 1. The number of nitrogens with zero attached hydrogens (tertiary/aromatic N) is 2. The van der Waals surface area contributed by atoms with Gasteiger partial charge in [0.2, 0.25) is 0 Å². The van der Waals surface area contributed by atoms with Gasteiger partial charge in [-0.2, -0.15) is 0 Å². The lowest BCUT2D eigenvalue weighted by Crippen LogP contribution is -2.27. The molecule has 150 valence electrons. The number of anilines is 2. The zero-order valence-electron chi connectivity index (χ0n) is 16.9. The lowest BCUT2D eigenvalue weighted by molar-refractivity contribution is -0.123. The van der Waals surface area contributed by atoms with Crippen molar-refractivity contribution in [2.75, 3.05) is 11.9 Å². The Balaban J connectivity index is 1.50. The van der Waals surface area contributed by atoms with Crippen molar-refractivity contribution < 1.29 is 9.59 Å². The maximum Gasteiger partial charge on any atom is 0.293 e. The largest absolute Gasteiger partial charge is 0.345 e. The number of hydrogen-bond acceptors (Lipinski definition) is 4. The third kappa shape index (κ3) is 4.16. The first kappa shape index (κ1) is 20.0.